The molecule has 0 spiro atoms. The standard InChI is InChI=1S/C15H16N4O3/c1-20-15(5-8-21-9-6-15)14-17-13(22-18-14)11-10-16-12-4-2-3-7-19(11)12/h2-4,7,10H,5-6,8-9H2,1H3. The van der Waals surface area contributed by atoms with Crippen molar-refractivity contribution in [3.05, 3.63) is 36.4 Å². The normalized spacial score (nSPS) is 17.9. The molecule has 0 saturated carbocycles. The van der Waals surface area contributed by atoms with Gasteiger partial charge in [-0.05, 0) is 12.1 Å². The van der Waals surface area contributed by atoms with Crippen LogP contribution in [0.3, 0.4) is 0 Å². The molecular weight excluding hydrogens is 284 g/mol. The van der Waals surface area contributed by atoms with Crippen LogP contribution in [0.15, 0.2) is 35.1 Å². The van der Waals surface area contributed by atoms with Crippen LogP contribution >= 0.6 is 0 Å². The SMILES string of the molecule is COC1(c2noc(-c3cnc4ccccn34)n2)CCOCC1. The van der Waals surface area contributed by atoms with Crippen LogP contribution in [-0.4, -0.2) is 39.8 Å². The van der Waals surface area contributed by atoms with E-state index in [1.807, 2.05) is 28.8 Å². The molecule has 0 aliphatic carbocycles. The summed E-state index contributed by atoms with van der Waals surface area (Å²) >= 11 is 0. The van der Waals surface area contributed by atoms with E-state index in [9.17, 15) is 0 Å². The molecular formula is C15H16N4O3. The predicted molar refractivity (Wildman–Crippen MR) is 77.2 cm³/mol. The molecule has 3 aromatic rings. The molecule has 0 N–H and O–H groups in total. The van der Waals surface area contributed by atoms with Crippen molar-refractivity contribution in [1.29, 1.82) is 0 Å². The van der Waals surface area contributed by atoms with Gasteiger partial charge in [0.05, 0.1) is 6.20 Å². The third kappa shape index (κ3) is 2.01. The lowest BCUT2D eigenvalue weighted by Gasteiger charge is -2.32. The smallest absolute Gasteiger partial charge is 0.276 e. The number of ether oxygens (including phenoxy) is 2. The van der Waals surface area contributed by atoms with Crippen molar-refractivity contribution in [3.8, 4) is 11.6 Å². The molecule has 3 aromatic heterocycles. The average Bonchev–Trinajstić information content (AvgIpc) is 3.22. The molecule has 4 rings (SSSR count). The number of hydrogen-bond acceptors (Lipinski definition) is 6. The highest BCUT2D eigenvalue weighted by Gasteiger charge is 2.39. The van der Waals surface area contributed by atoms with Crippen molar-refractivity contribution in [2.45, 2.75) is 18.4 Å². The minimum atomic E-state index is -0.527. The van der Waals surface area contributed by atoms with Crippen molar-refractivity contribution in [2.24, 2.45) is 0 Å². The van der Waals surface area contributed by atoms with Gasteiger partial charge in [0, 0.05) is 39.4 Å². The number of aromatic nitrogens is 4. The Bertz CT molecular complexity index is 789. The predicted octanol–water partition coefficient (Wildman–Crippen LogP) is 2.04. The van der Waals surface area contributed by atoms with Crippen molar-refractivity contribution >= 4 is 5.65 Å². The summed E-state index contributed by atoms with van der Waals surface area (Å²) < 4.78 is 18.5. The summed E-state index contributed by atoms with van der Waals surface area (Å²) in [5.41, 5.74) is 1.08. The second kappa shape index (κ2) is 5.19. The van der Waals surface area contributed by atoms with Gasteiger partial charge in [-0.15, -0.1) is 0 Å². The molecule has 7 nitrogen and oxygen atoms in total. The number of pyridine rings is 1. The van der Waals surface area contributed by atoms with E-state index in [2.05, 4.69) is 15.1 Å². The van der Waals surface area contributed by atoms with Crippen LogP contribution in [0, 0.1) is 0 Å². The number of fused-ring (bicyclic) bond motifs is 1. The molecule has 114 valence electrons. The van der Waals surface area contributed by atoms with Crippen LogP contribution in [0.2, 0.25) is 0 Å². The Morgan fingerprint density at radius 2 is 2.14 bits per heavy atom. The fourth-order valence-corrected chi connectivity index (χ4v) is 2.82. The fraction of sp³-hybridized carbons (Fsp3) is 0.400. The summed E-state index contributed by atoms with van der Waals surface area (Å²) in [5, 5.41) is 4.14. The zero-order valence-corrected chi connectivity index (χ0v) is 12.2. The molecule has 0 radical (unpaired) electrons. The maximum atomic E-state index is 5.70. The van der Waals surface area contributed by atoms with Crippen LogP contribution < -0.4 is 0 Å². The van der Waals surface area contributed by atoms with Gasteiger partial charge in [0.15, 0.2) is 0 Å². The quantitative estimate of drug-likeness (QED) is 0.737. The summed E-state index contributed by atoms with van der Waals surface area (Å²) in [6.45, 7) is 1.26. The Labute approximate surface area is 126 Å². The highest BCUT2D eigenvalue weighted by molar-refractivity contribution is 5.55. The summed E-state index contributed by atoms with van der Waals surface area (Å²) in [6.07, 6.45) is 5.09. The lowest BCUT2D eigenvalue weighted by atomic mass is 9.93. The lowest BCUT2D eigenvalue weighted by Crippen LogP contribution is -2.36. The zero-order valence-electron chi connectivity index (χ0n) is 12.2. The molecule has 0 unspecified atom stereocenters. The molecule has 0 amide bonds. The Morgan fingerprint density at radius 3 is 2.95 bits per heavy atom. The average molecular weight is 300 g/mol. The second-order valence-corrected chi connectivity index (χ2v) is 5.31. The van der Waals surface area contributed by atoms with E-state index in [-0.39, 0.29) is 0 Å². The van der Waals surface area contributed by atoms with Gasteiger partial charge in [-0.25, -0.2) is 4.98 Å². The molecule has 22 heavy (non-hydrogen) atoms. The molecule has 1 saturated heterocycles. The molecule has 0 bridgehead atoms. The molecule has 4 heterocycles. The number of methoxy groups -OCH3 is 1. The van der Waals surface area contributed by atoms with Gasteiger partial charge in [-0.3, -0.25) is 4.40 Å². The Kier molecular flexibility index (Phi) is 3.16. The first-order valence-electron chi connectivity index (χ1n) is 7.22. The Balaban J connectivity index is 1.75. The Morgan fingerprint density at radius 1 is 1.27 bits per heavy atom. The van der Waals surface area contributed by atoms with Crippen molar-refractivity contribution < 1.29 is 14.0 Å². The maximum absolute atomic E-state index is 5.70. The van der Waals surface area contributed by atoms with Crippen molar-refractivity contribution in [2.75, 3.05) is 20.3 Å². The van der Waals surface area contributed by atoms with Gasteiger partial charge in [0.25, 0.3) is 5.89 Å². The maximum Gasteiger partial charge on any atom is 0.276 e. The van der Waals surface area contributed by atoms with Crippen molar-refractivity contribution in [1.82, 2.24) is 19.5 Å². The summed E-state index contributed by atoms with van der Waals surface area (Å²) in [4.78, 5) is 8.89. The largest absolute Gasteiger partial charge is 0.381 e. The zero-order chi connectivity index (χ0) is 15.0. The fourth-order valence-electron chi connectivity index (χ4n) is 2.82. The highest BCUT2D eigenvalue weighted by atomic mass is 16.5. The Hall–Kier alpha value is -2.25. The first-order chi connectivity index (χ1) is 10.8. The van der Waals surface area contributed by atoms with E-state index in [1.54, 1.807) is 13.3 Å². The molecule has 0 aromatic carbocycles. The summed E-state index contributed by atoms with van der Waals surface area (Å²) in [6, 6.07) is 5.80. The molecule has 1 fully saturated rings. The van der Waals surface area contributed by atoms with Crippen LogP contribution in [0.1, 0.15) is 18.7 Å². The topological polar surface area (TPSA) is 74.7 Å². The van der Waals surface area contributed by atoms with E-state index in [1.165, 1.54) is 0 Å². The van der Waals surface area contributed by atoms with E-state index >= 15 is 0 Å². The lowest BCUT2D eigenvalue weighted by molar-refractivity contribution is -0.101. The number of rotatable bonds is 3. The van der Waals surface area contributed by atoms with Gasteiger partial charge in [-0.1, -0.05) is 11.2 Å². The van der Waals surface area contributed by atoms with E-state index in [4.69, 9.17) is 14.0 Å². The van der Waals surface area contributed by atoms with Crippen LogP contribution in [0.5, 0.6) is 0 Å². The van der Waals surface area contributed by atoms with Gasteiger partial charge in [0.2, 0.25) is 5.82 Å². The van der Waals surface area contributed by atoms with E-state index < -0.39 is 5.60 Å². The third-order valence-corrected chi connectivity index (χ3v) is 4.16. The van der Waals surface area contributed by atoms with E-state index in [0.717, 1.165) is 24.2 Å². The van der Waals surface area contributed by atoms with Gasteiger partial charge < -0.3 is 14.0 Å². The van der Waals surface area contributed by atoms with Crippen LogP contribution in [0.4, 0.5) is 0 Å². The first kappa shape index (κ1) is 13.4. The van der Waals surface area contributed by atoms with Gasteiger partial charge in [-0.2, -0.15) is 4.98 Å². The van der Waals surface area contributed by atoms with Crippen LogP contribution in [-0.2, 0) is 15.1 Å². The number of hydrogen-bond donors (Lipinski definition) is 0. The van der Waals surface area contributed by atoms with Crippen LogP contribution in [0.25, 0.3) is 17.2 Å². The monoisotopic (exact) mass is 300 g/mol. The number of nitrogens with zero attached hydrogens (tertiary/aromatic N) is 4. The first-order valence-corrected chi connectivity index (χ1v) is 7.22. The minimum absolute atomic E-state index is 0.441. The summed E-state index contributed by atoms with van der Waals surface area (Å²) in [7, 11) is 1.68. The number of imidazole rings is 1. The molecule has 1 aliphatic heterocycles. The summed E-state index contributed by atoms with van der Waals surface area (Å²) in [5.74, 6) is 1.01. The third-order valence-electron chi connectivity index (χ3n) is 4.16. The van der Waals surface area contributed by atoms with Crippen molar-refractivity contribution in [3.63, 3.8) is 0 Å². The highest BCUT2D eigenvalue weighted by Crippen LogP contribution is 2.34. The molecule has 0 atom stereocenters. The van der Waals surface area contributed by atoms with Gasteiger partial charge >= 0.3 is 0 Å². The van der Waals surface area contributed by atoms with E-state index in [0.29, 0.717) is 24.9 Å². The molecule has 7 heteroatoms. The van der Waals surface area contributed by atoms with Gasteiger partial charge in [0.1, 0.15) is 16.9 Å². The minimum Gasteiger partial charge on any atom is -0.381 e. The second-order valence-electron chi connectivity index (χ2n) is 5.31. The molecule has 1 aliphatic rings.